The Balaban J connectivity index is 1.80. The summed E-state index contributed by atoms with van der Waals surface area (Å²) in [6, 6.07) is 14.2. The predicted octanol–water partition coefficient (Wildman–Crippen LogP) is 4.13. The van der Waals surface area contributed by atoms with Gasteiger partial charge < -0.3 is 19.6 Å². The molecule has 0 radical (unpaired) electrons. The van der Waals surface area contributed by atoms with Crippen LogP contribution in [-0.4, -0.2) is 48.4 Å². The maximum atomic E-state index is 13.1. The van der Waals surface area contributed by atoms with Crippen LogP contribution >= 0.6 is 0 Å². The molecule has 0 bridgehead atoms. The Hall–Kier alpha value is -3.28. The van der Waals surface area contributed by atoms with Crippen LogP contribution in [0.2, 0.25) is 0 Å². The van der Waals surface area contributed by atoms with Gasteiger partial charge in [0.25, 0.3) is 11.7 Å². The zero-order valence-electron chi connectivity index (χ0n) is 18.0. The van der Waals surface area contributed by atoms with Crippen molar-refractivity contribution in [1.82, 2.24) is 4.90 Å². The monoisotopic (exact) mass is 420 g/mol. The minimum Gasteiger partial charge on any atom is -0.507 e. The molecule has 4 rings (SSSR count). The highest BCUT2D eigenvalue weighted by Gasteiger charge is 2.45. The number of nitrogens with zero attached hydrogens (tertiary/aromatic N) is 2. The van der Waals surface area contributed by atoms with Crippen molar-refractivity contribution in [3.05, 3.63) is 65.2 Å². The second kappa shape index (κ2) is 8.84. The van der Waals surface area contributed by atoms with Gasteiger partial charge in [-0.25, -0.2) is 0 Å². The molecule has 2 aliphatic rings. The number of ether oxygens (including phenoxy) is 1. The first-order valence-corrected chi connectivity index (χ1v) is 10.8. The van der Waals surface area contributed by atoms with E-state index in [-0.39, 0.29) is 11.3 Å². The molecule has 2 aliphatic heterocycles. The van der Waals surface area contributed by atoms with E-state index in [1.807, 2.05) is 48.3 Å². The lowest BCUT2D eigenvalue weighted by Gasteiger charge is -2.28. The number of likely N-dealkylation sites (N-methyl/N-ethyl adjacent to an activating group) is 1. The quantitative estimate of drug-likeness (QED) is 0.329. The number of likely N-dealkylation sites (tertiary alicyclic amines) is 1. The number of unbranched alkanes of at least 4 members (excludes halogenated alkanes) is 2. The molecule has 2 aromatic carbocycles. The lowest BCUT2D eigenvalue weighted by atomic mass is 9.95. The first kappa shape index (κ1) is 21.0. The van der Waals surface area contributed by atoms with Crippen LogP contribution in [0, 0.1) is 0 Å². The van der Waals surface area contributed by atoms with Crippen molar-refractivity contribution < 1.29 is 19.4 Å². The van der Waals surface area contributed by atoms with E-state index in [4.69, 9.17) is 4.74 Å². The molecule has 0 aliphatic carbocycles. The maximum Gasteiger partial charge on any atom is 0.295 e. The summed E-state index contributed by atoms with van der Waals surface area (Å²) >= 11 is 0. The van der Waals surface area contributed by atoms with Crippen LogP contribution in [0.15, 0.2) is 54.1 Å². The Morgan fingerprint density at radius 3 is 2.65 bits per heavy atom. The third-order valence-electron chi connectivity index (χ3n) is 5.99. The molecule has 1 N–H and O–H groups in total. The fourth-order valence-electron chi connectivity index (χ4n) is 4.28. The van der Waals surface area contributed by atoms with E-state index in [9.17, 15) is 14.7 Å². The number of carbonyl (C=O) groups excluding carboxylic acids is 2. The van der Waals surface area contributed by atoms with Crippen LogP contribution in [0.5, 0.6) is 5.75 Å². The van der Waals surface area contributed by atoms with Crippen molar-refractivity contribution in [2.45, 2.75) is 32.2 Å². The standard InChI is InChI=1S/C25H28N2O4/c1-3-4-8-13-27-22(17-9-6-5-7-10-17)21(24(29)25(27)30)23(28)18-11-12-20-19(16-18)26(2)14-15-31-20/h5-7,9-12,16,22,28H,3-4,8,13-15H2,1-2H3/b23-21-. The van der Waals surface area contributed by atoms with Gasteiger partial charge in [-0.15, -0.1) is 0 Å². The summed E-state index contributed by atoms with van der Waals surface area (Å²) in [5.74, 6) is -0.591. The Morgan fingerprint density at radius 2 is 1.90 bits per heavy atom. The number of hydrogen-bond acceptors (Lipinski definition) is 5. The van der Waals surface area contributed by atoms with Gasteiger partial charge in [-0.3, -0.25) is 9.59 Å². The number of ketones is 1. The molecule has 2 aromatic rings. The second-order valence-corrected chi connectivity index (χ2v) is 8.06. The Bertz CT molecular complexity index is 1020. The van der Waals surface area contributed by atoms with Gasteiger partial charge in [-0.05, 0) is 30.2 Å². The number of rotatable bonds is 6. The molecule has 1 atom stereocenters. The van der Waals surface area contributed by atoms with Crippen molar-refractivity contribution in [2.75, 3.05) is 31.6 Å². The summed E-state index contributed by atoms with van der Waals surface area (Å²) in [7, 11) is 1.96. The van der Waals surface area contributed by atoms with Gasteiger partial charge >= 0.3 is 0 Å². The second-order valence-electron chi connectivity index (χ2n) is 8.06. The average Bonchev–Trinajstić information content (AvgIpc) is 3.04. The highest BCUT2D eigenvalue weighted by Crippen LogP contribution is 2.41. The number of fused-ring (bicyclic) bond motifs is 1. The van der Waals surface area contributed by atoms with Crippen LogP contribution in [-0.2, 0) is 9.59 Å². The van der Waals surface area contributed by atoms with Gasteiger partial charge in [0.15, 0.2) is 0 Å². The SMILES string of the molecule is CCCCCN1C(=O)C(=O)/C(=C(\O)c2ccc3c(c2)N(C)CCO3)C1c1ccccc1. The molecule has 1 amide bonds. The first-order valence-electron chi connectivity index (χ1n) is 10.8. The molecular formula is C25H28N2O4. The van der Waals surface area contributed by atoms with Crippen molar-refractivity contribution in [3.63, 3.8) is 0 Å². The molecule has 31 heavy (non-hydrogen) atoms. The normalized spacial score (nSPS) is 20.0. The van der Waals surface area contributed by atoms with Gasteiger partial charge in [0.05, 0.1) is 23.8 Å². The van der Waals surface area contributed by atoms with E-state index in [1.54, 1.807) is 17.0 Å². The minimum atomic E-state index is -0.634. The average molecular weight is 421 g/mol. The molecule has 0 aromatic heterocycles. The predicted molar refractivity (Wildman–Crippen MR) is 120 cm³/mol. The zero-order valence-corrected chi connectivity index (χ0v) is 18.0. The van der Waals surface area contributed by atoms with Crippen LogP contribution in [0.3, 0.4) is 0 Å². The number of Topliss-reactive ketones (excluding diaryl/α,β-unsaturated/α-hetero) is 1. The topological polar surface area (TPSA) is 70.1 Å². The van der Waals surface area contributed by atoms with E-state index in [0.29, 0.717) is 18.7 Å². The highest BCUT2D eigenvalue weighted by atomic mass is 16.5. The van der Waals surface area contributed by atoms with E-state index in [0.717, 1.165) is 42.8 Å². The maximum absolute atomic E-state index is 13.1. The van der Waals surface area contributed by atoms with Crippen LogP contribution in [0.4, 0.5) is 5.69 Å². The lowest BCUT2D eigenvalue weighted by molar-refractivity contribution is -0.139. The van der Waals surface area contributed by atoms with Gasteiger partial charge in [0.1, 0.15) is 18.1 Å². The van der Waals surface area contributed by atoms with E-state index in [1.165, 1.54) is 0 Å². The minimum absolute atomic E-state index is 0.145. The summed E-state index contributed by atoms with van der Waals surface area (Å²) < 4.78 is 5.69. The van der Waals surface area contributed by atoms with Gasteiger partial charge in [-0.1, -0.05) is 50.1 Å². The lowest BCUT2D eigenvalue weighted by Crippen LogP contribution is -2.30. The first-order chi connectivity index (χ1) is 15.0. The summed E-state index contributed by atoms with van der Waals surface area (Å²) in [6.07, 6.45) is 2.81. The van der Waals surface area contributed by atoms with Crippen LogP contribution in [0.25, 0.3) is 5.76 Å². The van der Waals surface area contributed by atoms with E-state index in [2.05, 4.69) is 6.92 Å². The molecule has 1 unspecified atom stereocenters. The molecule has 6 heteroatoms. The summed E-state index contributed by atoms with van der Waals surface area (Å²) in [6.45, 7) is 3.92. The van der Waals surface area contributed by atoms with Crippen LogP contribution in [0.1, 0.15) is 43.4 Å². The number of anilines is 1. The highest BCUT2D eigenvalue weighted by molar-refractivity contribution is 6.46. The Morgan fingerprint density at radius 1 is 1.13 bits per heavy atom. The van der Waals surface area contributed by atoms with Crippen molar-refractivity contribution in [1.29, 1.82) is 0 Å². The Kier molecular flexibility index (Phi) is 5.98. The molecule has 1 fully saturated rings. The van der Waals surface area contributed by atoms with Crippen molar-refractivity contribution in [2.24, 2.45) is 0 Å². The number of amides is 1. The van der Waals surface area contributed by atoms with Gasteiger partial charge in [-0.2, -0.15) is 0 Å². The molecule has 0 saturated carbocycles. The molecule has 6 nitrogen and oxygen atoms in total. The summed E-state index contributed by atoms with van der Waals surface area (Å²) in [5, 5.41) is 11.2. The summed E-state index contributed by atoms with van der Waals surface area (Å²) in [5.41, 5.74) is 2.32. The van der Waals surface area contributed by atoms with E-state index < -0.39 is 17.7 Å². The smallest absolute Gasteiger partial charge is 0.295 e. The van der Waals surface area contributed by atoms with E-state index >= 15 is 0 Å². The third kappa shape index (κ3) is 3.90. The number of aliphatic hydroxyl groups excluding tert-OH is 1. The fourth-order valence-corrected chi connectivity index (χ4v) is 4.28. The Labute approximate surface area is 182 Å². The molecule has 1 saturated heterocycles. The fraction of sp³-hybridized carbons (Fsp3) is 0.360. The molecular weight excluding hydrogens is 392 g/mol. The van der Waals surface area contributed by atoms with Crippen molar-refractivity contribution >= 4 is 23.1 Å². The summed E-state index contributed by atoms with van der Waals surface area (Å²) in [4.78, 5) is 29.6. The number of benzene rings is 2. The number of aliphatic hydroxyl groups is 1. The van der Waals surface area contributed by atoms with Gasteiger partial charge in [0.2, 0.25) is 0 Å². The van der Waals surface area contributed by atoms with Crippen LogP contribution < -0.4 is 9.64 Å². The molecule has 2 heterocycles. The number of hydrogen-bond donors (Lipinski definition) is 1. The van der Waals surface area contributed by atoms with Gasteiger partial charge in [0, 0.05) is 19.2 Å². The molecule has 0 spiro atoms. The largest absolute Gasteiger partial charge is 0.507 e. The molecule has 162 valence electrons. The number of carbonyl (C=O) groups is 2. The zero-order chi connectivity index (χ0) is 22.0. The van der Waals surface area contributed by atoms with Crippen molar-refractivity contribution in [3.8, 4) is 5.75 Å². The third-order valence-corrected chi connectivity index (χ3v) is 5.99.